The standard InChI is InChI=1S/C14H10Cl2N4/c1-20-8-9(7-17-20)12-6-13(16)19-14(18-12)10-4-2-3-5-11(10)15/h2-8H,1H3. The van der Waals surface area contributed by atoms with E-state index >= 15 is 0 Å². The van der Waals surface area contributed by atoms with E-state index in [1.807, 2.05) is 31.4 Å². The second-order valence-electron chi connectivity index (χ2n) is 4.28. The van der Waals surface area contributed by atoms with Crippen LogP contribution in [0.25, 0.3) is 22.6 Å². The first kappa shape index (κ1) is 13.1. The van der Waals surface area contributed by atoms with Crippen LogP contribution in [0.2, 0.25) is 10.2 Å². The van der Waals surface area contributed by atoms with E-state index in [0.29, 0.717) is 21.7 Å². The predicted octanol–water partition coefficient (Wildman–Crippen LogP) is 3.85. The van der Waals surface area contributed by atoms with Crippen molar-refractivity contribution in [3.63, 3.8) is 0 Å². The molecule has 0 spiro atoms. The summed E-state index contributed by atoms with van der Waals surface area (Å²) in [5.41, 5.74) is 2.35. The van der Waals surface area contributed by atoms with Crippen molar-refractivity contribution in [3.05, 3.63) is 52.9 Å². The normalized spacial score (nSPS) is 10.8. The first-order valence-corrected chi connectivity index (χ1v) is 6.67. The zero-order valence-corrected chi connectivity index (χ0v) is 12.1. The Kier molecular flexibility index (Phi) is 3.42. The Morgan fingerprint density at radius 1 is 1.10 bits per heavy atom. The van der Waals surface area contributed by atoms with Crippen LogP contribution in [0, 0.1) is 0 Å². The second kappa shape index (κ2) is 5.23. The van der Waals surface area contributed by atoms with Crippen LogP contribution < -0.4 is 0 Å². The van der Waals surface area contributed by atoms with Gasteiger partial charge in [0.15, 0.2) is 5.82 Å². The van der Waals surface area contributed by atoms with E-state index < -0.39 is 0 Å². The quantitative estimate of drug-likeness (QED) is 0.675. The van der Waals surface area contributed by atoms with E-state index in [9.17, 15) is 0 Å². The van der Waals surface area contributed by atoms with E-state index in [4.69, 9.17) is 23.2 Å². The van der Waals surface area contributed by atoms with Gasteiger partial charge in [-0.15, -0.1) is 0 Å². The number of hydrogen-bond donors (Lipinski definition) is 0. The zero-order chi connectivity index (χ0) is 14.1. The van der Waals surface area contributed by atoms with Gasteiger partial charge >= 0.3 is 0 Å². The monoisotopic (exact) mass is 304 g/mol. The van der Waals surface area contributed by atoms with E-state index in [2.05, 4.69) is 15.1 Å². The third-order valence-corrected chi connectivity index (χ3v) is 3.33. The van der Waals surface area contributed by atoms with Gasteiger partial charge in [0.25, 0.3) is 0 Å². The number of rotatable bonds is 2. The molecule has 0 radical (unpaired) electrons. The van der Waals surface area contributed by atoms with Crippen LogP contribution >= 0.6 is 23.2 Å². The van der Waals surface area contributed by atoms with Crippen molar-refractivity contribution < 1.29 is 0 Å². The van der Waals surface area contributed by atoms with E-state index in [1.165, 1.54) is 0 Å². The molecule has 0 saturated heterocycles. The molecule has 100 valence electrons. The maximum absolute atomic E-state index is 6.17. The van der Waals surface area contributed by atoms with Gasteiger partial charge < -0.3 is 0 Å². The Labute approximate surface area is 126 Å². The van der Waals surface area contributed by atoms with Crippen LogP contribution in [0.4, 0.5) is 0 Å². The molecule has 0 unspecified atom stereocenters. The second-order valence-corrected chi connectivity index (χ2v) is 5.08. The fraction of sp³-hybridized carbons (Fsp3) is 0.0714. The van der Waals surface area contributed by atoms with Crippen molar-refractivity contribution in [2.75, 3.05) is 0 Å². The van der Waals surface area contributed by atoms with Gasteiger partial charge in [0.05, 0.1) is 16.9 Å². The van der Waals surface area contributed by atoms with Crippen molar-refractivity contribution in [2.45, 2.75) is 0 Å². The molecule has 0 bridgehead atoms. The highest BCUT2D eigenvalue weighted by Crippen LogP contribution is 2.28. The average molecular weight is 305 g/mol. The van der Waals surface area contributed by atoms with Gasteiger partial charge in [-0.05, 0) is 12.1 Å². The lowest BCUT2D eigenvalue weighted by Gasteiger charge is -2.05. The summed E-state index contributed by atoms with van der Waals surface area (Å²) in [5, 5.41) is 5.09. The number of hydrogen-bond acceptors (Lipinski definition) is 3. The lowest BCUT2D eigenvalue weighted by atomic mass is 10.2. The summed E-state index contributed by atoms with van der Waals surface area (Å²) in [7, 11) is 1.85. The first-order valence-electron chi connectivity index (χ1n) is 5.92. The van der Waals surface area contributed by atoms with Gasteiger partial charge in [0.1, 0.15) is 5.15 Å². The van der Waals surface area contributed by atoms with E-state index in [-0.39, 0.29) is 0 Å². The predicted molar refractivity (Wildman–Crippen MR) is 79.7 cm³/mol. The Morgan fingerprint density at radius 3 is 2.60 bits per heavy atom. The van der Waals surface area contributed by atoms with Crippen LogP contribution in [-0.4, -0.2) is 19.7 Å². The Bertz CT molecular complexity index is 767. The highest BCUT2D eigenvalue weighted by atomic mass is 35.5. The van der Waals surface area contributed by atoms with Crippen LogP contribution in [0.15, 0.2) is 42.7 Å². The number of benzene rings is 1. The molecule has 6 heteroatoms. The highest BCUT2D eigenvalue weighted by molar-refractivity contribution is 6.33. The molecule has 0 saturated carbocycles. The number of aryl methyl sites for hydroxylation is 1. The third kappa shape index (κ3) is 2.53. The summed E-state index contributed by atoms with van der Waals surface area (Å²) in [6.45, 7) is 0. The molecule has 3 rings (SSSR count). The van der Waals surface area contributed by atoms with Crippen LogP contribution in [-0.2, 0) is 7.05 Å². The number of aromatic nitrogens is 4. The maximum atomic E-state index is 6.17. The third-order valence-electron chi connectivity index (χ3n) is 2.81. The molecule has 1 aromatic carbocycles. The summed E-state index contributed by atoms with van der Waals surface area (Å²) < 4.78 is 1.71. The molecule has 0 aliphatic heterocycles. The topological polar surface area (TPSA) is 43.6 Å². The first-order chi connectivity index (χ1) is 9.63. The molecular weight excluding hydrogens is 295 g/mol. The Morgan fingerprint density at radius 2 is 1.90 bits per heavy atom. The van der Waals surface area contributed by atoms with Gasteiger partial charge in [0.2, 0.25) is 0 Å². The van der Waals surface area contributed by atoms with Crippen molar-refractivity contribution in [2.24, 2.45) is 7.05 Å². The van der Waals surface area contributed by atoms with Gasteiger partial charge in [-0.3, -0.25) is 4.68 Å². The fourth-order valence-corrected chi connectivity index (χ4v) is 2.29. The molecular formula is C14H10Cl2N4. The molecule has 2 heterocycles. The minimum Gasteiger partial charge on any atom is -0.275 e. The molecule has 0 aliphatic rings. The van der Waals surface area contributed by atoms with Gasteiger partial charge in [-0.2, -0.15) is 5.10 Å². The lowest BCUT2D eigenvalue weighted by Crippen LogP contribution is -1.93. The smallest absolute Gasteiger partial charge is 0.162 e. The lowest BCUT2D eigenvalue weighted by molar-refractivity contribution is 0.768. The molecule has 4 nitrogen and oxygen atoms in total. The molecule has 20 heavy (non-hydrogen) atoms. The molecule has 0 N–H and O–H groups in total. The van der Waals surface area contributed by atoms with Gasteiger partial charge in [0, 0.05) is 30.4 Å². The maximum Gasteiger partial charge on any atom is 0.162 e. The molecule has 0 fully saturated rings. The largest absolute Gasteiger partial charge is 0.275 e. The SMILES string of the molecule is Cn1cc(-c2cc(Cl)nc(-c3ccccc3Cl)n2)cn1. The summed E-state index contributed by atoms with van der Waals surface area (Å²) in [4.78, 5) is 8.75. The minimum atomic E-state index is 0.369. The summed E-state index contributed by atoms with van der Waals surface area (Å²) in [6.07, 6.45) is 3.60. The molecule has 3 aromatic rings. The Hall–Kier alpha value is -1.91. The summed E-state index contributed by atoms with van der Waals surface area (Å²) in [5.74, 6) is 0.502. The van der Waals surface area contributed by atoms with Crippen molar-refractivity contribution in [3.8, 4) is 22.6 Å². The Balaban J connectivity index is 2.14. The van der Waals surface area contributed by atoms with Crippen molar-refractivity contribution >= 4 is 23.2 Å². The van der Waals surface area contributed by atoms with Crippen LogP contribution in [0.5, 0.6) is 0 Å². The average Bonchev–Trinajstić information content (AvgIpc) is 2.85. The summed E-state index contributed by atoms with van der Waals surface area (Å²) >= 11 is 12.3. The number of halogens is 2. The molecule has 0 aliphatic carbocycles. The number of nitrogens with zero attached hydrogens (tertiary/aromatic N) is 4. The fourth-order valence-electron chi connectivity index (χ4n) is 1.88. The van der Waals surface area contributed by atoms with Crippen molar-refractivity contribution in [1.29, 1.82) is 0 Å². The molecule has 0 atom stereocenters. The van der Waals surface area contributed by atoms with Gasteiger partial charge in [-0.25, -0.2) is 9.97 Å². The van der Waals surface area contributed by atoms with E-state index in [0.717, 1.165) is 11.1 Å². The molecule has 0 amide bonds. The highest BCUT2D eigenvalue weighted by Gasteiger charge is 2.11. The van der Waals surface area contributed by atoms with Gasteiger partial charge in [-0.1, -0.05) is 35.3 Å². The van der Waals surface area contributed by atoms with Crippen molar-refractivity contribution in [1.82, 2.24) is 19.7 Å². The van der Waals surface area contributed by atoms with Crippen LogP contribution in [0.3, 0.4) is 0 Å². The molecule has 2 aromatic heterocycles. The minimum absolute atomic E-state index is 0.369. The van der Waals surface area contributed by atoms with Crippen LogP contribution in [0.1, 0.15) is 0 Å². The van der Waals surface area contributed by atoms with E-state index in [1.54, 1.807) is 23.0 Å². The zero-order valence-electron chi connectivity index (χ0n) is 10.6. The summed E-state index contributed by atoms with van der Waals surface area (Å²) in [6, 6.07) is 9.11.